The maximum Gasteiger partial charge on any atom is 0.244 e. The molecular weight excluding hydrogens is 306 g/mol. The van der Waals surface area contributed by atoms with Gasteiger partial charge in [-0.15, -0.1) is 5.10 Å². The average molecular weight is 333 g/mol. The first-order chi connectivity index (χ1) is 11.8. The molecule has 24 heavy (non-hydrogen) atoms. The summed E-state index contributed by atoms with van der Waals surface area (Å²) >= 11 is 0. The monoisotopic (exact) mass is 333 g/mol. The van der Waals surface area contributed by atoms with Crippen LogP contribution < -0.4 is 10.2 Å². The fourth-order valence-electron chi connectivity index (χ4n) is 3.98. The minimum absolute atomic E-state index is 0.349. The quantitative estimate of drug-likeness (QED) is 0.851. The van der Waals surface area contributed by atoms with E-state index in [2.05, 4.69) is 20.4 Å². The smallest absolute Gasteiger partial charge is 0.244 e. The number of hydrogen-bond acceptors (Lipinski definition) is 7. The minimum atomic E-state index is -0.349. The highest BCUT2D eigenvalue weighted by Crippen LogP contribution is 2.32. The van der Waals surface area contributed by atoms with Crippen molar-refractivity contribution in [1.29, 1.82) is 0 Å². The highest BCUT2D eigenvalue weighted by atomic mass is 16.7. The molecular formula is C17H27N5O2. The SMILES string of the molecule is c1nnc(NC2CCCCCC2)nc1N1CCC2(CC1)OCCO2. The topological polar surface area (TPSA) is 72.4 Å². The van der Waals surface area contributed by atoms with Crippen molar-refractivity contribution in [1.82, 2.24) is 15.2 Å². The molecule has 0 radical (unpaired) electrons. The zero-order valence-corrected chi connectivity index (χ0v) is 14.2. The lowest BCUT2D eigenvalue weighted by molar-refractivity contribution is -0.169. The molecule has 0 amide bonds. The first-order valence-corrected chi connectivity index (χ1v) is 9.32. The van der Waals surface area contributed by atoms with Crippen molar-refractivity contribution in [3.8, 4) is 0 Å². The number of anilines is 2. The maximum absolute atomic E-state index is 5.79. The Morgan fingerprint density at radius 2 is 1.75 bits per heavy atom. The number of ether oxygens (including phenoxy) is 2. The number of piperidine rings is 1. The molecule has 0 aromatic carbocycles. The van der Waals surface area contributed by atoms with Crippen molar-refractivity contribution in [3.63, 3.8) is 0 Å². The summed E-state index contributed by atoms with van der Waals surface area (Å²) in [5, 5.41) is 11.8. The van der Waals surface area contributed by atoms with Gasteiger partial charge in [-0.05, 0) is 12.8 Å². The molecule has 4 rings (SSSR count). The third-order valence-corrected chi connectivity index (χ3v) is 5.40. The fourth-order valence-corrected chi connectivity index (χ4v) is 3.98. The Labute approximate surface area is 143 Å². The highest BCUT2D eigenvalue weighted by Gasteiger charge is 2.40. The second-order valence-corrected chi connectivity index (χ2v) is 7.07. The van der Waals surface area contributed by atoms with Crippen molar-refractivity contribution in [2.24, 2.45) is 0 Å². The van der Waals surface area contributed by atoms with E-state index in [9.17, 15) is 0 Å². The van der Waals surface area contributed by atoms with Gasteiger partial charge in [0, 0.05) is 32.0 Å². The van der Waals surface area contributed by atoms with Crippen LogP contribution in [-0.4, -0.2) is 53.3 Å². The second kappa shape index (κ2) is 7.19. The number of nitrogens with one attached hydrogen (secondary N) is 1. The van der Waals surface area contributed by atoms with E-state index >= 15 is 0 Å². The van der Waals surface area contributed by atoms with E-state index in [4.69, 9.17) is 14.5 Å². The van der Waals surface area contributed by atoms with Crippen LogP contribution in [0.5, 0.6) is 0 Å². The van der Waals surface area contributed by atoms with E-state index in [1.807, 2.05) is 0 Å². The molecule has 7 heteroatoms. The van der Waals surface area contributed by atoms with Crippen molar-refractivity contribution in [2.45, 2.75) is 63.2 Å². The minimum Gasteiger partial charge on any atom is -0.355 e. The molecule has 1 N–H and O–H groups in total. The van der Waals surface area contributed by atoms with Gasteiger partial charge in [-0.1, -0.05) is 25.7 Å². The third kappa shape index (κ3) is 3.62. The van der Waals surface area contributed by atoms with Crippen molar-refractivity contribution in [2.75, 3.05) is 36.5 Å². The van der Waals surface area contributed by atoms with Crippen LogP contribution in [0, 0.1) is 0 Å². The van der Waals surface area contributed by atoms with Crippen LogP contribution >= 0.6 is 0 Å². The maximum atomic E-state index is 5.79. The second-order valence-electron chi connectivity index (χ2n) is 7.07. The number of rotatable bonds is 3. The van der Waals surface area contributed by atoms with E-state index in [0.29, 0.717) is 25.2 Å². The van der Waals surface area contributed by atoms with Crippen LogP contribution in [0.25, 0.3) is 0 Å². The van der Waals surface area contributed by atoms with Gasteiger partial charge in [-0.2, -0.15) is 10.1 Å². The largest absolute Gasteiger partial charge is 0.355 e. The van der Waals surface area contributed by atoms with Crippen LogP contribution in [0.4, 0.5) is 11.8 Å². The molecule has 2 saturated heterocycles. The third-order valence-electron chi connectivity index (χ3n) is 5.40. The molecule has 1 aliphatic carbocycles. The van der Waals surface area contributed by atoms with Crippen LogP contribution in [-0.2, 0) is 9.47 Å². The first kappa shape index (κ1) is 16.0. The van der Waals surface area contributed by atoms with Gasteiger partial charge in [-0.25, -0.2) is 0 Å². The molecule has 132 valence electrons. The van der Waals surface area contributed by atoms with Gasteiger partial charge in [0.25, 0.3) is 0 Å². The van der Waals surface area contributed by atoms with Crippen LogP contribution in [0.2, 0.25) is 0 Å². The lowest BCUT2D eigenvalue weighted by Crippen LogP contribution is -2.45. The van der Waals surface area contributed by atoms with Gasteiger partial charge in [-0.3, -0.25) is 0 Å². The first-order valence-electron chi connectivity index (χ1n) is 9.32. The number of nitrogens with zero attached hydrogens (tertiary/aromatic N) is 4. The highest BCUT2D eigenvalue weighted by molar-refractivity contribution is 5.41. The van der Waals surface area contributed by atoms with Crippen molar-refractivity contribution >= 4 is 11.8 Å². The Hall–Kier alpha value is -1.47. The summed E-state index contributed by atoms with van der Waals surface area (Å²) in [6, 6.07) is 0.481. The predicted octanol–water partition coefficient (Wildman–Crippen LogP) is 2.35. The van der Waals surface area contributed by atoms with Gasteiger partial charge in [0.05, 0.1) is 19.4 Å². The standard InChI is InChI=1S/C17H27N5O2/c1-2-4-6-14(5-3-1)19-16-20-15(13-18-21-16)22-9-7-17(8-10-22)23-11-12-24-17/h13-14H,1-12H2,(H,19,20,21). The van der Waals surface area contributed by atoms with E-state index in [1.54, 1.807) is 6.20 Å². The Morgan fingerprint density at radius 3 is 2.46 bits per heavy atom. The van der Waals surface area contributed by atoms with E-state index in [0.717, 1.165) is 31.7 Å². The lowest BCUT2D eigenvalue weighted by atomic mass is 10.0. The lowest BCUT2D eigenvalue weighted by Gasteiger charge is -2.37. The predicted molar refractivity (Wildman–Crippen MR) is 91.0 cm³/mol. The van der Waals surface area contributed by atoms with E-state index in [1.165, 1.54) is 38.5 Å². The number of aromatic nitrogens is 3. The molecule has 3 aliphatic rings. The van der Waals surface area contributed by atoms with Gasteiger partial charge >= 0.3 is 0 Å². The molecule has 0 bridgehead atoms. The summed E-state index contributed by atoms with van der Waals surface area (Å²) in [5.74, 6) is 1.21. The molecule has 1 aromatic rings. The van der Waals surface area contributed by atoms with Crippen molar-refractivity contribution in [3.05, 3.63) is 6.20 Å². The fraction of sp³-hybridized carbons (Fsp3) is 0.824. The molecule has 1 spiro atoms. The summed E-state index contributed by atoms with van der Waals surface area (Å²) in [4.78, 5) is 6.95. The van der Waals surface area contributed by atoms with Gasteiger partial charge in [0.2, 0.25) is 5.95 Å². The molecule has 0 unspecified atom stereocenters. The Morgan fingerprint density at radius 1 is 1.04 bits per heavy atom. The summed E-state index contributed by atoms with van der Waals surface area (Å²) in [6.45, 7) is 3.18. The molecule has 0 atom stereocenters. The molecule has 1 aromatic heterocycles. The molecule has 3 fully saturated rings. The summed E-state index contributed by atoms with van der Waals surface area (Å²) in [6.07, 6.45) is 11.2. The summed E-state index contributed by atoms with van der Waals surface area (Å²) in [5.41, 5.74) is 0. The molecule has 3 heterocycles. The van der Waals surface area contributed by atoms with Gasteiger partial charge < -0.3 is 19.7 Å². The van der Waals surface area contributed by atoms with Gasteiger partial charge in [0.1, 0.15) is 0 Å². The summed E-state index contributed by atoms with van der Waals surface area (Å²) < 4.78 is 11.6. The molecule has 1 saturated carbocycles. The van der Waals surface area contributed by atoms with Crippen LogP contribution in [0.3, 0.4) is 0 Å². The molecule has 2 aliphatic heterocycles. The van der Waals surface area contributed by atoms with Crippen LogP contribution in [0.15, 0.2) is 6.20 Å². The van der Waals surface area contributed by atoms with E-state index in [-0.39, 0.29) is 5.79 Å². The molecule has 7 nitrogen and oxygen atoms in total. The number of hydrogen-bond donors (Lipinski definition) is 1. The Bertz CT molecular complexity index is 532. The zero-order valence-electron chi connectivity index (χ0n) is 14.2. The summed E-state index contributed by atoms with van der Waals surface area (Å²) in [7, 11) is 0. The normalized spacial score (nSPS) is 24.9. The Kier molecular flexibility index (Phi) is 4.80. The average Bonchev–Trinajstić information content (AvgIpc) is 2.91. The zero-order chi connectivity index (χ0) is 16.2. The van der Waals surface area contributed by atoms with Crippen LogP contribution in [0.1, 0.15) is 51.4 Å². The van der Waals surface area contributed by atoms with Crippen molar-refractivity contribution < 1.29 is 9.47 Å². The Balaban J connectivity index is 1.37. The van der Waals surface area contributed by atoms with E-state index < -0.39 is 0 Å². The van der Waals surface area contributed by atoms with Gasteiger partial charge in [0.15, 0.2) is 11.6 Å².